The molecule has 8 rings (SSSR count). The Kier molecular flexibility index (Phi) is 8.95. The fraction of sp³-hybridized carbons (Fsp3) is 0.222. The van der Waals surface area contributed by atoms with Gasteiger partial charge in [-0.25, -0.2) is 9.69 Å². The molecule has 1 saturated heterocycles. The Balaban J connectivity index is 1.32. The number of benzene rings is 4. The summed E-state index contributed by atoms with van der Waals surface area (Å²) in [4.78, 5) is 71.5. The molecular formula is C45H37NO10. The van der Waals surface area contributed by atoms with Crippen LogP contribution in [0, 0.1) is 29.6 Å². The average Bonchev–Trinajstić information content (AvgIpc) is 3.47. The van der Waals surface area contributed by atoms with Crippen molar-refractivity contribution in [2.75, 3.05) is 19.1 Å². The summed E-state index contributed by atoms with van der Waals surface area (Å²) in [6.07, 6.45) is 7.27. The Labute approximate surface area is 321 Å². The molecule has 0 radical (unpaired) electrons. The Morgan fingerprint density at radius 2 is 1.50 bits per heavy atom. The van der Waals surface area contributed by atoms with E-state index in [2.05, 4.69) is 0 Å². The van der Waals surface area contributed by atoms with Crippen LogP contribution in [-0.2, 0) is 24.6 Å². The summed E-state index contributed by atoms with van der Waals surface area (Å²) in [7, 11) is 2.83. The SMILES string of the molecule is COc1cc(C=C[C@H]2C3=CC[C@@H]4C(=O)N(c5ccc(C(=O)O)c(O)c5)C(=O)[C@@H]4[C@@H]3C[C@H]3C(=O)C(c4ccccc4)=CC(=O)[C@@]23c2ccccc2)cc(OC)c1O. The van der Waals surface area contributed by atoms with Gasteiger partial charge in [0.25, 0.3) is 0 Å². The van der Waals surface area contributed by atoms with Gasteiger partial charge in [0.15, 0.2) is 23.1 Å². The van der Waals surface area contributed by atoms with Gasteiger partial charge in [-0.15, -0.1) is 0 Å². The van der Waals surface area contributed by atoms with Crippen LogP contribution < -0.4 is 14.4 Å². The van der Waals surface area contributed by atoms with Crippen LogP contribution >= 0.6 is 0 Å². The second-order valence-electron chi connectivity index (χ2n) is 14.5. The van der Waals surface area contributed by atoms with Crippen molar-refractivity contribution in [3.05, 3.63) is 137 Å². The van der Waals surface area contributed by atoms with E-state index in [0.717, 1.165) is 22.6 Å². The number of rotatable bonds is 8. The molecule has 1 aliphatic heterocycles. The highest BCUT2D eigenvalue weighted by atomic mass is 16.5. The van der Waals surface area contributed by atoms with Crippen LogP contribution in [0.15, 0.2) is 115 Å². The van der Waals surface area contributed by atoms with Crippen molar-refractivity contribution in [3.8, 4) is 23.0 Å². The third-order valence-electron chi connectivity index (χ3n) is 11.9. The molecule has 11 heteroatoms. The lowest BCUT2D eigenvalue weighted by molar-refractivity contribution is -0.135. The molecule has 0 bridgehead atoms. The molecular weight excluding hydrogens is 714 g/mol. The fourth-order valence-corrected chi connectivity index (χ4v) is 9.43. The highest BCUT2D eigenvalue weighted by molar-refractivity contribution is 6.31. The van der Waals surface area contributed by atoms with Crippen LogP contribution in [0.25, 0.3) is 11.6 Å². The third-order valence-corrected chi connectivity index (χ3v) is 11.9. The number of carboxylic acid groups (broad SMARTS) is 1. The number of anilines is 1. The molecule has 4 aliphatic rings. The minimum absolute atomic E-state index is 0.0396. The lowest BCUT2D eigenvalue weighted by Crippen LogP contribution is -2.59. The Morgan fingerprint density at radius 3 is 2.12 bits per heavy atom. The molecule has 0 unspecified atom stereocenters. The van der Waals surface area contributed by atoms with Crippen LogP contribution in [0.1, 0.15) is 39.9 Å². The highest BCUT2D eigenvalue weighted by Gasteiger charge is 2.65. The van der Waals surface area contributed by atoms with Crippen molar-refractivity contribution in [3.63, 3.8) is 0 Å². The maximum atomic E-state index is 15.2. The summed E-state index contributed by atoms with van der Waals surface area (Å²) in [5.41, 5.74) is 1.04. The monoisotopic (exact) mass is 751 g/mol. The third kappa shape index (κ3) is 5.44. The zero-order valence-corrected chi connectivity index (χ0v) is 30.4. The van der Waals surface area contributed by atoms with Gasteiger partial charge in [0.1, 0.15) is 11.3 Å². The molecule has 3 aliphatic carbocycles. The van der Waals surface area contributed by atoms with Gasteiger partial charge in [-0.3, -0.25) is 19.2 Å². The molecule has 56 heavy (non-hydrogen) atoms. The molecule has 2 amide bonds. The molecule has 11 nitrogen and oxygen atoms in total. The molecule has 0 aromatic heterocycles. The Hall–Kier alpha value is -6.75. The zero-order chi connectivity index (χ0) is 39.5. The van der Waals surface area contributed by atoms with Gasteiger partial charge >= 0.3 is 5.97 Å². The van der Waals surface area contributed by atoms with Crippen LogP contribution in [0.3, 0.4) is 0 Å². The number of imide groups is 1. The van der Waals surface area contributed by atoms with Crippen LogP contribution in [0.2, 0.25) is 0 Å². The average molecular weight is 752 g/mol. The molecule has 6 atom stereocenters. The first kappa shape index (κ1) is 36.2. The number of amides is 2. The van der Waals surface area contributed by atoms with Crippen molar-refractivity contribution in [1.29, 1.82) is 0 Å². The lowest BCUT2D eigenvalue weighted by atomic mass is 9.45. The summed E-state index contributed by atoms with van der Waals surface area (Å²) >= 11 is 0. The van der Waals surface area contributed by atoms with E-state index in [9.17, 15) is 29.7 Å². The van der Waals surface area contributed by atoms with Gasteiger partial charge in [-0.05, 0) is 65.8 Å². The van der Waals surface area contributed by atoms with E-state index >= 15 is 9.59 Å². The van der Waals surface area contributed by atoms with Crippen molar-refractivity contribution in [2.24, 2.45) is 29.6 Å². The van der Waals surface area contributed by atoms with Gasteiger partial charge in [0, 0.05) is 23.5 Å². The number of hydrogen-bond donors (Lipinski definition) is 3. The van der Waals surface area contributed by atoms with E-state index < -0.39 is 58.5 Å². The van der Waals surface area contributed by atoms with E-state index in [1.807, 2.05) is 48.6 Å². The number of Topliss-reactive ketones (excluding diaryl/α,β-unsaturated/α-hetero) is 1. The minimum atomic E-state index is -1.43. The molecule has 2 fully saturated rings. The quantitative estimate of drug-likeness (QED) is 0.136. The summed E-state index contributed by atoms with van der Waals surface area (Å²) in [6.45, 7) is 0. The van der Waals surface area contributed by atoms with Crippen molar-refractivity contribution in [2.45, 2.75) is 18.3 Å². The van der Waals surface area contributed by atoms with Crippen molar-refractivity contribution < 1.29 is 48.8 Å². The first-order chi connectivity index (χ1) is 27.0. The molecule has 3 N–H and O–H groups in total. The first-order valence-corrected chi connectivity index (χ1v) is 18.2. The van der Waals surface area contributed by atoms with Crippen LogP contribution in [-0.4, -0.2) is 58.9 Å². The number of aromatic hydroxyl groups is 2. The van der Waals surface area contributed by atoms with Crippen molar-refractivity contribution in [1.82, 2.24) is 0 Å². The first-order valence-electron chi connectivity index (χ1n) is 18.2. The smallest absolute Gasteiger partial charge is 0.339 e. The number of carbonyl (C=O) groups is 5. The number of hydrogen-bond acceptors (Lipinski definition) is 9. The number of phenols is 2. The summed E-state index contributed by atoms with van der Waals surface area (Å²) in [6, 6.07) is 25.0. The number of methoxy groups -OCH3 is 2. The van der Waals surface area contributed by atoms with Gasteiger partial charge in [0.05, 0.1) is 37.2 Å². The van der Waals surface area contributed by atoms with Crippen LogP contribution in [0.4, 0.5) is 5.69 Å². The number of ether oxygens (including phenoxy) is 2. The van der Waals surface area contributed by atoms with Gasteiger partial charge in [-0.2, -0.15) is 0 Å². The Bertz CT molecular complexity index is 2390. The second kappa shape index (κ2) is 13.8. The maximum Gasteiger partial charge on any atom is 0.339 e. The Morgan fingerprint density at radius 1 is 0.839 bits per heavy atom. The maximum absolute atomic E-state index is 15.2. The molecule has 282 valence electrons. The van der Waals surface area contributed by atoms with Gasteiger partial charge in [0.2, 0.25) is 17.6 Å². The fourth-order valence-electron chi connectivity index (χ4n) is 9.43. The number of phenolic OH excluding ortho intramolecular Hbond substituents is 1. The number of carboxylic acids is 1. The molecule has 0 spiro atoms. The number of nitrogens with zero attached hydrogens (tertiary/aromatic N) is 1. The van der Waals surface area contributed by atoms with E-state index in [-0.39, 0.29) is 58.5 Å². The topological polar surface area (TPSA) is 168 Å². The summed E-state index contributed by atoms with van der Waals surface area (Å²) < 4.78 is 10.8. The van der Waals surface area contributed by atoms with E-state index in [1.54, 1.807) is 42.5 Å². The molecule has 4 aromatic rings. The number of allylic oxidation sites excluding steroid dienone is 5. The number of carbonyl (C=O) groups excluding carboxylic acids is 4. The zero-order valence-electron chi connectivity index (χ0n) is 30.4. The standard InChI is InChI=1S/C45H37NO10/c1-55-36-19-24(20-37(56-2)41(36)50)13-18-33-28-16-17-30-39(43(52)46(42(30)51)27-14-15-29(44(53)54)35(47)21-27)32(28)22-34-40(49)31(25-9-5-3-6-10-25)23-38(48)45(33,34)26-11-7-4-8-12-26/h3-16,18-21,23,30,32-34,39,47,50H,17,22H2,1-2H3,(H,53,54)/t30-,32+,33-,34-,39-,45-/m0/s1. The number of fused-ring (bicyclic) bond motifs is 4. The van der Waals surface area contributed by atoms with Gasteiger partial charge < -0.3 is 24.8 Å². The molecule has 1 heterocycles. The van der Waals surface area contributed by atoms with Gasteiger partial charge in [-0.1, -0.05) is 84.5 Å². The normalized spacial score (nSPS) is 25.6. The number of ketones is 2. The highest BCUT2D eigenvalue weighted by Crippen LogP contribution is 2.61. The minimum Gasteiger partial charge on any atom is -0.507 e. The lowest BCUT2D eigenvalue weighted by Gasteiger charge is -2.54. The number of aromatic carboxylic acids is 1. The van der Waals surface area contributed by atoms with Crippen LogP contribution in [0.5, 0.6) is 23.0 Å². The van der Waals surface area contributed by atoms with Crippen molar-refractivity contribution >= 4 is 46.7 Å². The summed E-state index contributed by atoms with van der Waals surface area (Å²) in [5.74, 6) is -7.43. The van der Waals surface area contributed by atoms with E-state index in [1.165, 1.54) is 26.4 Å². The predicted molar refractivity (Wildman–Crippen MR) is 205 cm³/mol. The second-order valence-corrected chi connectivity index (χ2v) is 14.5. The van der Waals surface area contributed by atoms with E-state index in [0.29, 0.717) is 16.7 Å². The predicted octanol–water partition coefficient (Wildman–Crippen LogP) is 6.39. The molecule has 1 saturated carbocycles. The largest absolute Gasteiger partial charge is 0.507 e. The summed E-state index contributed by atoms with van der Waals surface area (Å²) in [5, 5.41) is 30.6. The van der Waals surface area contributed by atoms with E-state index in [4.69, 9.17) is 9.47 Å². The molecule has 4 aromatic carbocycles.